The zero-order chi connectivity index (χ0) is 17.7. The summed E-state index contributed by atoms with van der Waals surface area (Å²) in [6.07, 6.45) is 3.31. The van der Waals surface area contributed by atoms with E-state index in [1.807, 2.05) is 0 Å². The lowest BCUT2D eigenvalue weighted by atomic mass is 9.78. The van der Waals surface area contributed by atoms with Gasteiger partial charge in [0.1, 0.15) is 0 Å². The molecule has 2 rings (SSSR count). The zero-order valence-corrected chi connectivity index (χ0v) is 15.0. The van der Waals surface area contributed by atoms with Crippen molar-refractivity contribution in [2.75, 3.05) is 39.8 Å². The van der Waals surface area contributed by atoms with Crippen LogP contribution >= 0.6 is 0 Å². The zero-order valence-electron chi connectivity index (χ0n) is 15.0. The Morgan fingerprint density at radius 2 is 2.08 bits per heavy atom. The maximum absolute atomic E-state index is 12.6. The minimum Gasteiger partial charge on any atom is -0.480 e. The highest BCUT2D eigenvalue weighted by atomic mass is 16.5. The van der Waals surface area contributed by atoms with Crippen LogP contribution in [0.2, 0.25) is 0 Å². The average Bonchev–Trinajstić information content (AvgIpc) is 2.51. The van der Waals surface area contributed by atoms with Crippen LogP contribution in [0.15, 0.2) is 0 Å². The number of rotatable bonds is 5. The maximum atomic E-state index is 12.6. The molecule has 4 unspecified atom stereocenters. The number of carboxylic acids is 1. The van der Waals surface area contributed by atoms with Gasteiger partial charge in [-0.3, -0.25) is 9.69 Å². The van der Waals surface area contributed by atoms with Crippen LogP contribution in [-0.2, 0) is 9.53 Å². The number of carbonyl (C=O) groups excluding carboxylic acids is 1. The third-order valence-electron chi connectivity index (χ3n) is 5.36. The number of amides is 2. The van der Waals surface area contributed by atoms with E-state index in [1.54, 1.807) is 16.8 Å². The Hall–Kier alpha value is -1.34. The Balaban J connectivity index is 1.82. The van der Waals surface area contributed by atoms with E-state index in [0.717, 1.165) is 6.42 Å². The molecule has 2 fully saturated rings. The van der Waals surface area contributed by atoms with Gasteiger partial charge in [0.15, 0.2) is 0 Å². The summed E-state index contributed by atoms with van der Waals surface area (Å²) in [6.45, 7) is 6.55. The summed E-state index contributed by atoms with van der Waals surface area (Å²) in [7, 11) is 1.75. The van der Waals surface area contributed by atoms with Crippen molar-refractivity contribution in [3.8, 4) is 0 Å². The maximum Gasteiger partial charge on any atom is 0.317 e. The number of ether oxygens (including phenoxy) is 1. The van der Waals surface area contributed by atoms with Gasteiger partial charge in [0, 0.05) is 25.7 Å². The number of hydrogen-bond acceptors (Lipinski definition) is 4. The summed E-state index contributed by atoms with van der Waals surface area (Å²) in [5.41, 5.74) is 0. The molecule has 1 saturated heterocycles. The summed E-state index contributed by atoms with van der Waals surface area (Å²) < 4.78 is 5.68. The van der Waals surface area contributed by atoms with E-state index in [1.165, 1.54) is 12.8 Å². The molecule has 7 nitrogen and oxygen atoms in total. The van der Waals surface area contributed by atoms with Crippen LogP contribution in [0.1, 0.15) is 33.1 Å². The van der Waals surface area contributed by atoms with E-state index >= 15 is 0 Å². The molecule has 138 valence electrons. The summed E-state index contributed by atoms with van der Waals surface area (Å²) in [4.78, 5) is 26.8. The predicted molar refractivity (Wildman–Crippen MR) is 90.9 cm³/mol. The average molecular weight is 341 g/mol. The van der Waals surface area contributed by atoms with Crippen LogP contribution in [0.5, 0.6) is 0 Å². The monoisotopic (exact) mass is 341 g/mol. The topological polar surface area (TPSA) is 82.1 Å². The molecule has 4 atom stereocenters. The van der Waals surface area contributed by atoms with Gasteiger partial charge in [-0.25, -0.2) is 4.79 Å². The molecular weight excluding hydrogens is 310 g/mol. The number of morpholine rings is 1. The first-order valence-corrected chi connectivity index (χ1v) is 8.94. The van der Waals surface area contributed by atoms with Gasteiger partial charge in [-0.15, -0.1) is 0 Å². The number of carbonyl (C=O) groups is 2. The van der Waals surface area contributed by atoms with Gasteiger partial charge in [0.05, 0.1) is 19.3 Å². The lowest BCUT2D eigenvalue weighted by Crippen LogP contribution is -2.55. The van der Waals surface area contributed by atoms with Crippen LogP contribution in [0.25, 0.3) is 0 Å². The molecule has 2 N–H and O–H groups in total. The fourth-order valence-corrected chi connectivity index (χ4v) is 3.69. The van der Waals surface area contributed by atoms with Crippen LogP contribution in [0.3, 0.4) is 0 Å². The van der Waals surface area contributed by atoms with Gasteiger partial charge >= 0.3 is 12.0 Å². The fraction of sp³-hybridized carbons (Fsp3) is 0.882. The molecular formula is C17H31N3O4. The second-order valence-corrected chi connectivity index (χ2v) is 7.35. The van der Waals surface area contributed by atoms with Gasteiger partial charge in [0.2, 0.25) is 0 Å². The van der Waals surface area contributed by atoms with Crippen LogP contribution < -0.4 is 5.32 Å². The Bertz CT molecular complexity index is 446. The number of urea groups is 1. The van der Waals surface area contributed by atoms with E-state index in [9.17, 15) is 9.59 Å². The van der Waals surface area contributed by atoms with Crippen molar-refractivity contribution in [3.63, 3.8) is 0 Å². The number of nitrogens with one attached hydrogen (secondary N) is 1. The van der Waals surface area contributed by atoms with Gasteiger partial charge in [-0.1, -0.05) is 26.7 Å². The molecule has 0 aromatic carbocycles. The first-order chi connectivity index (χ1) is 11.4. The summed E-state index contributed by atoms with van der Waals surface area (Å²) >= 11 is 0. The quantitative estimate of drug-likeness (QED) is 0.786. The SMILES string of the molecule is CC1CCCC(NC(=O)N2CCOC(CN(C)CC(=O)O)C2)C1C. The third-order valence-corrected chi connectivity index (χ3v) is 5.36. The van der Waals surface area contributed by atoms with Crippen molar-refractivity contribution in [2.24, 2.45) is 11.8 Å². The second kappa shape index (κ2) is 8.67. The minimum atomic E-state index is -0.858. The summed E-state index contributed by atoms with van der Waals surface area (Å²) in [6, 6.07) is 0.229. The largest absolute Gasteiger partial charge is 0.480 e. The fourth-order valence-electron chi connectivity index (χ4n) is 3.69. The molecule has 0 bridgehead atoms. The van der Waals surface area contributed by atoms with E-state index in [0.29, 0.717) is 38.1 Å². The standard InChI is InChI=1S/C17H31N3O4/c1-12-5-4-6-15(13(12)2)18-17(23)20-7-8-24-14(10-20)9-19(3)11-16(21)22/h12-15H,4-11H2,1-3H3,(H,18,23)(H,21,22). The summed E-state index contributed by atoms with van der Waals surface area (Å²) in [5, 5.41) is 12.0. The normalized spacial score (nSPS) is 31.1. The highest BCUT2D eigenvalue weighted by Crippen LogP contribution is 2.29. The van der Waals surface area contributed by atoms with E-state index < -0.39 is 5.97 Å². The molecule has 1 heterocycles. The smallest absolute Gasteiger partial charge is 0.317 e. The first-order valence-electron chi connectivity index (χ1n) is 8.94. The highest BCUT2D eigenvalue weighted by molar-refractivity contribution is 5.74. The van der Waals surface area contributed by atoms with Gasteiger partial charge < -0.3 is 20.1 Å². The van der Waals surface area contributed by atoms with Gasteiger partial charge in [-0.2, -0.15) is 0 Å². The molecule has 2 amide bonds. The number of likely N-dealkylation sites (N-methyl/N-ethyl adjacent to an activating group) is 1. The number of nitrogens with zero attached hydrogens (tertiary/aromatic N) is 2. The molecule has 0 aromatic rings. The van der Waals surface area contributed by atoms with Crippen molar-refractivity contribution in [1.82, 2.24) is 15.1 Å². The Morgan fingerprint density at radius 1 is 1.33 bits per heavy atom. The van der Waals surface area contributed by atoms with E-state index in [2.05, 4.69) is 19.2 Å². The van der Waals surface area contributed by atoms with Crippen molar-refractivity contribution in [2.45, 2.75) is 45.3 Å². The van der Waals surface area contributed by atoms with Crippen LogP contribution in [0.4, 0.5) is 4.79 Å². The van der Waals surface area contributed by atoms with E-state index in [-0.39, 0.29) is 24.7 Å². The lowest BCUT2D eigenvalue weighted by molar-refractivity contribution is -0.138. The molecule has 1 aliphatic heterocycles. The van der Waals surface area contributed by atoms with Crippen molar-refractivity contribution >= 4 is 12.0 Å². The van der Waals surface area contributed by atoms with Crippen molar-refractivity contribution in [3.05, 3.63) is 0 Å². The molecule has 0 spiro atoms. The Labute approximate surface area is 144 Å². The third kappa shape index (κ3) is 5.34. The number of aliphatic carboxylic acids is 1. The van der Waals surface area contributed by atoms with Crippen LogP contribution in [-0.4, -0.2) is 78.9 Å². The van der Waals surface area contributed by atoms with E-state index in [4.69, 9.17) is 9.84 Å². The summed E-state index contributed by atoms with van der Waals surface area (Å²) in [5.74, 6) is 0.288. The molecule has 0 aromatic heterocycles. The number of hydrogen-bond donors (Lipinski definition) is 2. The molecule has 0 radical (unpaired) electrons. The van der Waals surface area contributed by atoms with Gasteiger partial charge in [0.25, 0.3) is 0 Å². The predicted octanol–water partition coefficient (Wildman–Crippen LogP) is 1.24. The Morgan fingerprint density at radius 3 is 2.79 bits per heavy atom. The minimum absolute atomic E-state index is 0.0184. The molecule has 2 aliphatic rings. The number of carboxylic acid groups (broad SMARTS) is 1. The van der Waals surface area contributed by atoms with Crippen molar-refractivity contribution in [1.29, 1.82) is 0 Å². The van der Waals surface area contributed by atoms with Crippen LogP contribution in [0, 0.1) is 11.8 Å². The lowest BCUT2D eigenvalue weighted by Gasteiger charge is -2.38. The van der Waals surface area contributed by atoms with Crippen molar-refractivity contribution < 1.29 is 19.4 Å². The highest BCUT2D eigenvalue weighted by Gasteiger charge is 2.31. The first kappa shape index (κ1) is 19.0. The molecule has 1 aliphatic carbocycles. The molecule has 24 heavy (non-hydrogen) atoms. The molecule has 1 saturated carbocycles. The Kier molecular flexibility index (Phi) is 6.86. The molecule has 7 heteroatoms. The van der Waals surface area contributed by atoms with Gasteiger partial charge in [-0.05, 0) is 25.3 Å². The second-order valence-electron chi connectivity index (χ2n) is 7.35.